The molecule has 0 radical (unpaired) electrons. The number of nitrogens with zero attached hydrogens (tertiary/aromatic N) is 1. The van der Waals surface area contributed by atoms with E-state index < -0.39 is 0 Å². The lowest BCUT2D eigenvalue weighted by Crippen LogP contribution is -2.29. The van der Waals surface area contributed by atoms with E-state index in [1.54, 1.807) is 18.3 Å². The van der Waals surface area contributed by atoms with E-state index in [1.165, 1.54) is 29.2 Å². The Labute approximate surface area is 205 Å². The number of fused-ring (bicyclic) bond motifs is 1. The van der Waals surface area contributed by atoms with Gasteiger partial charge in [-0.2, -0.15) is 0 Å². The quantitative estimate of drug-likeness (QED) is 0.333. The topological polar surface area (TPSA) is 41.6 Å². The fourth-order valence-electron chi connectivity index (χ4n) is 4.77. The highest BCUT2D eigenvalue weighted by Crippen LogP contribution is 2.37. The molecule has 5 rings (SSSR count). The Morgan fingerprint density at radius 2 is 1.82 bits per heavy atom. The first-order valence-corrected chi connectivity index (χ1v) is 12.7. The molecule has 1 N–H and O–H groups in total. The summed E-state index contributed by atoms with van der Waals surface area (Å²) in [6.45, 7) is 4.24. The van der Waals surface area contributed by atoms with Crippen LogP contribution in [0.15, 0.2) is 72.8 Å². The van der Waals surface area contributed by atoms with Crippen LogP contribution in [-0.4, -0.2) is 30.9 Å². The van der Waals surface area contributed by atoms with Gasteiger partial charge < -0.3 is 15.0 Å². The van der Waals surface area contributed by atoms with Gasteiger partial charge >= 0.3 is 0 Å². The van der Waals surface area contributed by atoms with E-state index in [-0.39, 0.29) is 5.91 Å². The minimum absolute atomic E-state index is 0.0767. The first-order valence-electron chi connectivity index (χ1n) is 11.9. The van der Waals surface area contributed by atoms with Gasteiger partial charge in [0.25, 0.3) is 0 Å². The van der Waals surface area contributed by atoms with Crippen molar-refractivity contribution in [2.45, 2.75) is 32.3 Å². The predicted molar refractivity (Wildman–Crippen MR) is 142 cm³/mol. The zero-order chi connectivity index (χ0) is 23.5. The van der Waals surface area contributed by atoms with Crippen LogP contribution in [0.4, 0.5) is 5.69 Å². The molecule has 4 aromatic rings. The van der Waals surface area contributed by atoms with Gasteiger partial charge in [-0.15, -0.1) is 11.3 Å². The molecule has 0 aliphatic carbocycles. The summed E-state index contributed by atoms with van der Waals surface area (Å²) < 4.78 is 6.28. The molecule has 2 heterocycles. The van der Waals surface area contributed by atoms with Crippen molar-refractivity contribution >= 4 is 33.7 Å². The number of hydrogen-bond acceptors (Lipinski definition) is 4. The summed E-state index contributed by atoms with van der Waals surface area (Å²) in [4.78, 5) is 16.3. The Kier molecular flexibility index (Phi) is 6.66. The van der Waals surface area contributed by atoms with Gasteiger partial charge in [-0.25, -0.2) is 0 Å². The molecule has 4 nitrogen and oxygen atoms in total. The standard InChI is InChI=1S/C29H30N2O2S/c1-20(32)30-27-18-28(23-7-4-3-5-8-23)34-29(27)19-33-24-12-11-21-9-6-10-25(26(21)17-24)22-13-15-31(2)16-14-22/h3-12,17-18,22H,13-16,19H2,1-2H3,(H,30,32). The molecule has 0 unspecified atom stereocenters. The number of ether oxygens (including phenoxy) is 1. The summed E-state index contributed by atoms with van der Waals surface area (Å²) in [6.07, 6.45) is 2.39. The molecule has 0 saturated carbocycles. The van der Waals surface area contributed by atoms with Crippen LogP contribution in [0, 0.1) is 0 Å². The fourth-order valence-corrected chi connectivity index (χ4v) is 5.80. The Morgan fingerprint density at radius 1 is 1.03 bits per heavy atom. The van der Waals surface area contributed by atoms with E-state index in [2.05, 4.69) is 59.7 Å². The van der Waals surface area contributed by atoms with Gasteiger partial charge in [0.05, 0.1) is 10.6 Å². The Bertz CT molecular complexity index is 1290. The van der Waals surface area contributed by atoms with Gasteiger partial charge in [0.1, 0.15) is 12.4 Å². The molecule has 0 spiro atoms. The molecule has 5 heteroatoms. The zero-order valence-corrected chi connectivity index (χ0v) is 20.5. The smallest absolute Gasteiger partial charge is 0.221 e. The molecule has 1 aliphatic rings. The van der Waals surface area contributed by atoms with E-state index in [1.807, 2.05) is 30.3 Å². The highest BCUT2D eigenvalue weighted by atomic mass is 32.1. The Morgan fingerprint density at radius 3 is 2.59 bits per heavy atom. The van der Waals surface area contributed by atoms with Gasteiger partial charge in [0.2, 0.25) is 5.91 Å². The first kappa shape index (κ1) is 22.6. The number of carbonyl (C=O) groups excluding carboxylic acids is 1. The number of carbonyl (C=O) groups is 1. The van der Waals surface area contributed by atoms with Crippen molar-refractivity contribution < 1.29 is 9.53 Å². The van der Waals surface area contributed by atoms with E-state index in [9.17, 15) is 4.79 Å². The van der Waals surface area contributed by atoms with Gasteiger partial charge in [-0.3, -0.25) is 4.79 Å². The first-order chi connectivity index (χ1) is 16.6. The molecular formula is C29H30N2O2S. The molecule has 1 fully saturated rings. The predicted octanol–water partition coefficient (Wildman–Crippen LogP) is 6.91. The van der Waals surface area contributed by atoms with Crippen LogP contribution in [0.2, 0.25) is 0 Å². The summed E-state index contributed by atoms with van der Waals surface area (Å²) in [6, 6.07) is 25.3. The maximum atomic E-state index is 11.8. The molecule has 1 aromatic heterocycles. The molecule has 174 valence electrons. The van der Waals surface area contributed by atoms with Crippen molar-refractivity contribution in [3.8, 4) is 16.2 Å². The van der Waals surface area contributed by atoms with Crippen LogP contribution >= 0.6 is 11.3 Å². The molecule has 0 atom stereocenters. The number of nitrogens with one attached hydrogen (secondary N) is 1. The van der Waals surface area contributed by atoms with Crippen molar-refractivity contribution in [1.29, 1.82) is 0 Å². The largest absolute Gasteiger partial charge is 0.488 e. The molecule has 34 heavy (non-hydrogen) atoms. The second kappa shape index (κ2) is 10.00. The van der Waals surface area contributed by atoms with Crippen LogP contribution < -0.4 is 10.1 Å². The number of amides is 1. The van der Waals surface area contributed by atoms with E-state index in [0.717, 1.165) is 39.8 Å². The summed E-state index contributed by atoms with van der Waals surface area (Å²) in [5.41, 5.74) is 3.39. The molecule has 1 saturated heterocycles. The number of hydrogen-bond donors (Lipinski definition) is 1. The van der Waals surface area contributed by atoms with Crippen LogP contribution in [0.3, 0.4) is 0 Å². The summed E-state index contributed by atoms with van der Waals surface area (Å²) in [7, 11) is 2.20. The highest BCUT2D eigenvalue weighted by molar-refractivity contribution is 7.16. The number of benzene rings is 3. The molecule has 1 amide bonds. The van der Waals surface area contributed by atoms with Crippen molar-refractivity contribution in [2.75, 3.05) is 25.5 Å². The SMILES string of the molecule is CC(=O)Nc1cc(-c2ccccc2)sc1COc1ccc2cccc(C3CCN(C)CC3)c2c1. The average molecular weight is 471 g/mol. The maximum Gasteiger partial charge on any atom is 0.221 e. The van der Waals surface area contributed by atoms with Crippen LogP contribution in [0.1, 0.15) is 36.1 Å². The van der Waals surface area contributed by atoms with Gasteiger partial charge in [-0.1, -0.05) is 54.6 Å². The van der Waals surface area contributed by atoms with E-state index in [4.69, 9.17) is 4.74 Å². The third kappa shape index (κ3) is 5.01. The Balaban J connectivity index is 1.40. The van der Waals surface area contributed by atoms with Crippen LogP contribution in [0.25, 0.3) is 21.2 Å². The lowest BCUT2D eigenvalue weighted by Gasteiger charge is -2.30. The average Bonchev–Trinajstić information content (AvgIpc) is 3.25. The summed E-state index contributed by atoms with van der Waals surface area (Å²) in [5.74, 6) is 1.37. The zero-order valence-electron chi connectivity index (χ0n) is 19.7. The molecular weight excluding hydrogens is 440 g/mol. The van der Waals surface area contributed by atoms with Crippen molar-refractivity contribution in [1.82, 2.24) is 4.90 Å². The van der Waals surface area contributed by atoms with Gasteiger partial charge in [0, 0.05) is 11.8 Å². The lowest BCUT2D eigenvalue weighted by molar-refractivity contribution is -0.114. The maximum absolute atomic E-state index is 11.8. The Hall–Kier alpha value is -3.15. The van der Waals surface area contributed by atoms with Crippen LogP contribution in [-0.2, 0) is 11.4 Å². The second-order valence-electron chi connectivity index (χ2n) is 9.09. The van der Waals surface area contributed by atoms with Crippen LogP contribution in [0.5, 0.6) is 5.75 Å². The van der Waals surface area contributed by atoms with E-state index >= 15 is 0 Å². The highest BCUT2D eigenvalue weighted by Gasteiger charge is 2.20. The van der Waals surface area contributed by atoms with Crippen molar-refractivity contribution in [3.05, 3.63) is 83.2 Å². The number of rotatable bonds is 6. The number of thiophene rings is 1. The minimum atomic E-state index is -0.0767. The molecule has 3 aromatic carbocycles. The second-order valence-corrected chi connectivity index (χ2v) is 10.2. The van der Waals surface area contributed by atoms with Crippen molar-refractivity contribution in [3.63, 3.8) is 0 Å². The number of piperidine rings is 1. The van der Waals surface area contributed by atoms with Gasteiger partial charge in [0.15, 0.2) is 0 Å². The summed E-state index contributed by atoms with van der Waals surface area (Å²) in [5, 5.41) is 5.51. The minimum Gasteiger partial charge on any atom is -0.488 e. The number of anilines is 1. The lowest BCUT2D eigenvalue weighted by atomic mass is 9.86. The third-order valence-electron chi connectivity index (χ3n) is 6.59. The third-order valence-corrected chi connectivity index (χ3v) is 7.75. The number of likely N-dealkylation sites (tertiary alicyclic amines) is 1. The molecule has 0 bridgehead atoms. The fraction of sp³-hybridized carbons (Fsp3) is 0.276. The van der Waals surface area contributed by atoms with E-state index in [0.29, 0.717) is 12.5 Å². The normalized spacial score (nSPS) is 14.9. The monoisotopic (exact) mass is 470 g/mol. The summed E-state index contributed by atoms with van der Waals surface area (Å²) >= 11 is 1.66. The molecule has 1 aliphatic heterocycles. The van der Waals surface area contributed by atoms with Crippen molar-refractivity contribution in [2.24, 2.45) is 0 Å². The van der Waals surface area contributed by atoms with Gasteiger partial charge in [-0.05, 0) is 79.0 Å².